The van der Waals surface area contributed by atoms with Crippen LogP contribution in [0.15, 0.2) is 12.3 Å². The monoisotopic (exact) mass is 210 g/mol. The molecule has 1 aromatic heterocycles. The van der Waals surface area contributed by atoms with E-state index in [1.807, 2.05) is 13.0 Å². The van der Waals surface area contributed by atoms with Gasteiger partial charge in [-0.25, -0.2) is 15.4 Å². The highest BCUT2D eigenvalue weighted by molar-refractivity contribution is 5.06. The summed E-state index contributed by atoms with van der Waals surface area (Å²) in [6, 6.07) is 1.77. The lowest BCUT2D eigenvalue weighted by atomic mass is 10.2. The third-order valence-electron chi connectivity index (χ3n) is 1.99. The second-order valence-electron chi connectivity index (χ2n) is 3.32. The Hall–Kier alpha value is -1.04. The van der Waals surface area contributed by atoms with Crippen molar-refractivity contribution in [2.75, 3.05) is 13.2 Å². The lowest BCUT2D eigenvalue weighted by molar-refractivity contribution is 0.111. The molecule has 1 unspecified atom stereocenters. The minimum absolute atomic E-state index is 0.0711. The summed E-state index contributed by atoms with van der Waals surface area (Å²) in [4.78, 5) is 8.32. The number of hydrogen-bond acceptors (Lipinski definition) is 5. The molecule has 0 aliphatic rings. The normalized spacial score (nSPS) is 12.7. The first kappa shape index (κ1) is 12.0. The van der Waals surface area contributed by atoms with E-state index in [4.69, 9.17) is 10.6 Å². The molecule has 15 heavy (non-hydrogen) atoms. The number of ether oxygens (including phenoxy) is 1. The highest BCUT2D eigenvalue weighted by atomic mass is 16.5. The van der Waals surface area contributed by atoms with Gasteiger partial charge in [-0.1, -0.05) is 6.92 Å². The van der Waals surface area contributed by atoms with Crippen molar-refractivity contribution in [3.63, 3.8) is 0 Å². The first-order valence-electron chi connectivity index (χ1n) is 5.11. The predicted octanol–water partition coefficient (Wildman–Crippen LogP) is 0.716. The zero-order valence-corrected chi connectivity index (χ0v) is 9.23. The number of nitrogens with one attached hydrogen (secondary N) is 1. The van der Waals surface area contributed by atoms with Gasteiger partial charge in [-0.2, -0.15) is 0 Å². The average Bonchev–Trinajstić information content (AvgIpc) is 2.24. The molecule has 1 aromatic rings. The maximum absolute atomic E-state index is 5.45. The van der Waals surface area contributed by atoms with Crippen molar-refractivity contribution in [1.82, 2.24) is 15.4 Å². The van der Waals surface area contributed by atoms with Crippen LogP contribution in [-0.2, 0) is 4.74 Å². The van der Waals surface area contributed by atoms with E-state index in [1.54, 1.807) is 6.20 Å². The molecule has 0 aromatic carbocycles. The standard InChI is InChI=1S/C10H18N4O/c1-3-6-15-7-10(14-11)9-4-5-12-8(2)13-9/h4-5,10,14H,3,6-7,11H2,1-2H3. The molecule has 0 aliphatic carbocycles. The third-order valence-corrected chi connectivity index (χ3v) is 1.99. The number of nitrogens with zero attached hydrogens (tertiary/aromatic N) is 2. The minimum Gasteiger partial charge on any atom is -0.379 e. The minimum atomic E-state index is -0.0711. The van der Waals surface area contributed by atoms with Gasteiger partial charge < -0.3 is 4.74 Å². The van der Waals surface area contributed by atoms with Crippen molar-refractivity contribution >= 4 is 0 Å². The molecule has 5 heteroatoms. The molecule has 0 radical (unpaired) electrons. The summed E-state index contributed by atoms with van der Waals surface area (Å²) in [5, 5.41) is 0. The lowest BCUT2D eigenvalue weighted by Gasteiger charge is -2.15. The number of hydrogen-bond donors (Lipinski definition) is 2. The summed E-state index contributed by atoms with van der Waals surface area (Å²) in [6.45, 7) is 5.19. The van der Waals surface area contributed by atoms with Crippen LogP contribution in [0.25, 0.3) is 0 Å². The smallest absolute Gasteiger partial charge is 0.125 e. The first-order chi connectivity index (χ1) is 7.27. The molecule has 0 fully saturated rings. The summed E-state index contributed by atoms with van der Waals surface area (Å²) < 4.78 is 5.43. The fraction of sp³-hybridized carbons (Fsp3) is 0.600. The van der Waals surface area contributed by atoms with Crippen LogP contribution < -0.4 is 11.3 Å². The van der Waals surface area contributed by atoms with Crippen molar-refractivity contribution < 1.29 is 4.74 Å². The van der Waals surface area contributed by atoms with E-state index < -0.39 is 0 Å². The van der Waals surface area contributed by atoms with E-state index in [1.165, 1.54) is 0 Å². The lowest BCUT2D eigenvalue weighted by Crippen LogP contribution is -2.32. The third kappa shape index (κ3) is 3.91. The molecule has 0 aliphatic heterocycles. The second-order valence-corrected chi connectivity index (χ2v) is 3.32. The van der Waals surface area contributed by atoms with Crippen molar-refractivity contribution in [1.29, 1.82) is 0 Å². The molecule has 1 rings (SSSR count). The fourth-order valence-electron chi connectivity index (χ4n) is 1.23. The van der Waals surface area contributed by atoms with E-state index in [-0.39, 0.29) is 6.04 Å². The molecule has 0 saturated carbocycles. The zero-order chi connectivity index (χ0) is 11.1. The molecular formula is C10H18N4O. The molecule has 3 N–H and O–H groups in total. The molecule has 5 nitrogen and oxygen atoms in total. The summed E-state index contributed by atoms with van der Waals surface area (Å²) in [5.74, 6) is 6.19. The van der Waals surface area contributed by atoms with E-state index in [2.05, 4.69) is 22.3 Å². The maximum atomic E-state index is 5.45. The number of aromatic nitrogens is 2. The molecular weight excluding hydrogens is 192 g/mol. The highest BCUT2D eigenvalue weighted by Gasteiger charge is 2.11. The summed E-state index contributed by atoms with van der Waals surface area (Å²) >= 11 is 0. The number of hydrazine groups is 1. The Morgan fingerprint density at radius 1 is 1.60 bits per heavy atom. The van der Waals surface area contributed by atoms with Crippen LogP contribution in [0.2, 0.25) is 0 Å². The van der Waals surface area contributed by atoms with Crippen molar-refractivity contribution in [2.45, 2.75) is 26.3 Å². The Bertz CT molecular complexity index is 293. The topological polar surface area (TPSA) is 73.1 Å². The van der Waals surface area contributed by atoms with Crippen LogP contribution in [0.5, 0.6) is 0 Å². The van der Waals surface area contributed by atoms with Gasteiger partial charge >= 0.3 is 0 Å². The van der Waals surface area contributed by atoms with Crippen molar-refractivity contribution in [3.05, 3.63) is 23.8 Å². The average molecular weight is 210 g/mol. The van der Waals surface area contributed by atoms with Crippen LogP contribution in [-0.4, -0.2) is 23.2 Å². The number of rotatable bonds is 6. The molecule has 1 atom stereocenters. The SMILES string of the molecule is CCCOCC(NN)c1ccnc(C)n1. The van der Waals surface area contributed by atoms with Crippen molar-refractivity contribution in [3.8, 4) is 0 Å². The summed E-state index contributed by atoms with van der Waals surface area (Å²) in [7, 11) is 0. The zero-order valence-electron chi connectivity index (χ0n) is 9.23. The Labute approximate surface area is 90.0 Å². The van der Waals surface area contributed by atoms with Crippen LogP contribution >= 0.6 is 0 Å². The van der Waals surface area contributed by atoms with Gasteiger partial charge in [0.05, 0.1) is 18.3 Å². The predicted molar refractivity (Wildman–Crippen MR) is 57.9 cm³/mol. The van der Waals surface area contributed by atoms with Gasteiger partial charge in [0.25, 0.3) is 0 Å². The molecule has 1 heterocycles. The number of aryl methyl sites for hydroxylation is 1. The van der Waals surface area contributed by atoms with E-state index >= 15 is 0 Å². The molecule has 0 spiro atoms. The van der Waals surface area contributed by atoms with E-state index in [0.717, 1.165) is 24.5 Å². The highest BCUT2D eigenvalue weighted by Crippen LogP contribution is 2.08. The van der Waals surface area contributed by atoms with Crippen LogP contribution in [0.1, 0.15) is 30.9 Å². The van der Waals surface area contributed by atoms with Gasteiger partial charge in [-0.3, -0.25) is 5.84 Å². The second kappa shape index (κ2) is 6.44. The van der Waals surface area contributed by atoms with E-state index in [0.29, 0.717) is 6.61 Å². The number of nitrogens with two attached hydrogens (primary N) is 1. The van der Waals surface area contributed by atoms with E-state index in [9.17, 15) is 0 Å². The Morgan fingerprint density at radius 2 is 2.40 bits per heavy atom. The quantitative estimate of drug-likeness (QED) is 0.411. The summed E-state index contributed by atoms with van der Waals surface area (Å²) in [6.07, 6.45) is 2.72. The van der Waals surface area contributed by atoms with Gasteiger partial charge in [0.15, 0.2) is 0 Å². The van der Waals surface area contributed by atoms with Gasteiger partial charge in [0, 0.05) is 12.8 Å². The largest absolute Gasteiger partial charge is 0.379 e. The van der Waals surface area contributed by atoms with Crippen LogP contribution in [0, 0.1) is 6.92 Å². The Kier molecular flexibility index (Phi) is 5.17. The van der Waals surface area contributed by atoms with Gasteiger partial charge in [0.1, 0.15) is 5.82 Å². The first-order valence-corrected chi connectivity index (χ1v) is 5.11. The maximum Gasteiger partial charge on any atom is 0.125 e. The molecule has 84 valence electrons. The van der Waals surface area contributed by atoms with Crippen molar-refractivity contribution in [2.24, 2.45) is 5.84 Å². The molecule has 0 amide bonds. The Morgan fingerprint density at radius 3 is 3.00 bits per heavy atom. The molecule has 0 saturated heterocycles. The Balaban J connectivity index is 2.57. The van der Waals surface area contributed by atoms with Crippen LogP contribution in [0.4, 0.5) is 0 Å². The van der Waals surface area contributed by atoms with Gasteiger partial charge in [0.2, 0.25) is 0 Å². The fourth-order valence-corrected chi connectivity index (χ4v) is 1.23. The van der Waals surface area contributed by atoms with Gasteiger partial charge in [-0.15, -0.1) is 0 Å². The van der Waals surface area contributed by atoms with Crippen LogP contribution in [0.3, 0.4) is 0 Å². The summed E-state index contributed by atoms with van der Waals surface area (Å²) in [5.41, 5.74) is 3.55. The molecule has 0 bridgehead atoms. The van der Waals surface area contributed by atoms with Gasteiger partial charge in [-0.05, 0) is 19.4 Å².